The number of amides is 1. The molecule has 7 nitrogen and oxygen atoms in total. The number of carbonyl (C=O) groups is 1. The molecule has 0 spiro atoms. The lowest BCUT2D eigenvalue weighted by Crippen LogP contribution is -2.50. The summed E-state index contributed by atoms with van der Waals surface area (Å²) in [6.45, 7) is 1.01. The maximum absolute atomic E-state index is 12.7. The van der Waals surface area contributed by atoms with Gasteiger partial charge < -0.3 is 14.7 Å². The molecule has 29 heavy (non-hydrogen) atoms. The third kappa shape index (κ3) is 4.90. The molecule has 154 valence electrons. The van der Waals surface area contributed by atoms with Crippen molar-refractivity contribution < 1.29 is 23.1 Å². The summed E-state index contributed by atoms with van der Waals surface area (Å²) in [6.07, 6.45) is 3.05. The molecule has 1 amide bonds. The van der Waals surface area contributed by atoms with Crippen LogP contribution in [-0.4, -0.2) is 61.9 Å². The summed E-state index contributed by atoms with van der Waals surface area (Å²) in [6, 6.07) is 10.9. The van der Waals surface area contributed by atoms with Crippen molar-refractivity contribution in [2.45, 2.75) is 4.90 Å². The molecule has 1 saturated heterocycles. The molecular formula is C20H21ClN2O5S. The Morgan fingerprint density at radius 1 is 1.14 bits per heavy atom. The van der Waals surface area contributed by atoms with Gasteiger partial charge in [0.2, 0.25) is 15.9 Å². The molecule has 0 saturated carbocycles. The minimum absolute atomic E-state index is 0.0213. The van der Waals surface area contributed by atoms with Gasteiger partial charge in [-0.1, -0.05) is 23.7 Å². The van der Waals surface area contributed by atoms with Crippen LogP contribution in [0.4, 0.5) is 0 Å². The number of aromatic hydroxyl groups is 1. The highest BCUT2D eigenvalue weighted by Gasteiger charge is 2.29. The summed E-state index contributed by atoms with van der Waals surface area (Å²) in [5.74, 6) is 0.129. The molecular weight excluding hydrogens is 416 g/mol. The molecule has 1 heterocycles. The fourth-order valence-corrected chi connectivity index (χ4v) is 4.72. The number of phenolic OH excluding ortho intramolecular Hbond substituents is 1. The molecule has 0 bridgehead atoms. The van der Waals surface area contributed by atoms with Gasteiger partial charge in [0.15, 0.2) is 11.5 Å². The van der Waals surface area contributed by atoms with E-state index in [4.69, 9.17) is 16.3 Å². The predicted molar refractivity (Wildman–Crippen MR) is 110 cm³/mol. The molecule has 2 aromatic rings. The monoisotopic (exact) mass is 436 g/mol. The largest absolute Gasteiger partial charge is 0.504 e. The van der Waals surface area contributed by atoms with Gasteiger partial charge in [-0.2, -0.15) is 4.31 Å². The molecule has 0 atom stereocenters. The van der Waals surface area contributed by atoms with E-state index in [-0.39, 0.29) is 29.6 Å². The Labute approximate surface area is 174 Å². The lowest BCUT2D eigenvalue weighted by Gasteiger charge is -2.33. The van der Waals surface area contributed by atoms with E-state index in [9.17, 15) is 18.3 Å². The molecule has 0 aliphatic carbocycles. The summed E-state index contributed by atoms with van der Waals surface area (Å²) < 4.78 is 31.9. The second kappa shape index (κ2) is 8.86. The van der Waals surface area contributed by atoms with Gasteiger partial charge in [0.25, 0.3) is 0 Å². The highest BCUT2D eigenvalue weighted by Crippen LogP contribution is 2.27. The number of phenols is 1. The molecule has 2 aromatic carbocycles. The number of hydrogen-bond acceptors (Lipinski definition) is 5. The number of rotatable bonds is 5. The number of halogens is 1. The highest BCUT2D eigenvalue weighted by molar-refractivity contribution is 7.89. The molecule has 1 aliphatic rings. The predicted octanol–water partition coefficient (Wildman–Crippen LogP) is 2.60. The normalized spacial score (nSPS) is 15.6. The quantitative estimate of drug-likeness (QED) is 0.728. The molecule has 9 heteroatoms. The van der Waals surface area contributed by atoms with Crippen molar-refractivity contribution in [3.05, 3.63) is 59.1 Å². The average molecular weight is 437 g/mol. The van der Waals surface area contributed by atoms with Crippen molar-refractivity contribution in [2.24, 2.45) is 0 Å². The summed E-state index contributed by atoms with van der Waals surface area (Å²) in [5.41, 5.74) is 0.704. The molecule has 1 fully saturated rings. The van der Waals surface area contributed by atoms with Gasteiger partial charge in [0.05, 0.1) is 12.0 Å². The lowest BCUT2D eigenvalue weighted by atomic mass is 10.2. The Balaban J connectivity index is 1.62. The van der Waals surface area contributed by atoms with Crippen LogP contribution in [0.25, 0.3) is 6.08 Å². The fourth-order valence-electron chi connectivity index (χ4n) is 3.00. The van der Waals surface area contributed by atoms with Crippen LogP contribution in [0.5, 0.6) is 11.5 Å². The van der Waals surface area contributed by atoms with Gasteiger partial charge in [-0.3, -0.25) is 4.79 Å². The summed E-state index contributed by atoms with van der Waals surface area (Å²) in [7, 11) is -2.20. The van der Waals surface area contributed by atoms with E-state index in [0.29, 0.717) is 29.4 Å². The van der Waals surface area contributed by atoms with E-state index < -0.39 is 10.0 Å². The van der Waals surface area contributed by atoms with Crippen LogP contribution in [0.15, 0.2) is 53.4 Å². The fraction of sp³-hybridized carbons (Fsp3) is 0.250. The van der Waals surface area contributed by atoms with E-state index in [0.717, 1.165) is 0 Å². The Bertz CT molecular complexity index is 1030. The number of methoxy groups -OCH3 is 1. The summed E-state index contributed by atoms with van der Waals surface area (Å²) >= 11 is 5.90. The molecule has 3 rings (SSSR count). The van der Waals surface area contributed by atoms with Crippen LogP contribution < -0.4 is 4.74 Å². The zero-order chi connectivity index (χ0) is 21.0. The minimum Gasteiger partial charge on any atom is -0.504 e. The van der Waals surface area contributed by atoms with Gasteiger partial charge in [-0.25, -0.2) is 8.42 Å². The number of hydrogen-bond donors (Lipinski definition) is 1. The van der Waals surface area contributed by atoms with Crippen molar-refractivity contribution >= 4 is 33.6 Å². The number of benzene rings is 2. The first kappa shape index (κ1) is 21.2. The first-order valence-electron chi connectivity index (χ1n) is 8.91. The van der Waals surface area contributed by atoms with Gasteiger partial charge in [0.1, 0.15) is 0 Å². The van der Waals surface area contributed by atoms with Gasteiger partial charge in [-0.15, -0.1) is 0 Å². The van der Waals surface area contributed by atoms with E-state index >= 15 is 0 Å². The third-order valence-electron chi connectivity index (χ3n) is 4.61. The van der Waals surface area contributed by atoms with Gasteiger partial charge in [-0.05, 0) is 42.0 Å². The number of carbonyl (C=O) groups excluding carboxylic acids is 1. The topological polar surface area (TPSA) is 87.2 Å². The summed E-state index contributed by atoms with van der Waals surface area (Å²) in [5, 5.41) is 9.98. The van der Waals surface area contributed by atoms with E-state index in [1.807, 2.05) is 0 Å². The zero-order valence-electron chi connectivity index (χ0n) is 15.8. The number of nitrogens with zero attached hydrogens (tertiary/aromatic N) is 2. The Morgan fingerprint density at radius 3 is 2.52 bits per heavy atom. The second-order valence-electron chi connectivity index (χ2n) is 6.45. The van der Waals surface area contributed by atoms with E-state index in [1.54, 1.807) is 35.2 Å². The average Bonchev–Trinajstić information content (AvgIpc) is 2.73. The third-order valence-corrected chi connectivity index (χ3v) is 6.74. The first-order chi connectivity index (χ1) is 13.8. The second-order valence-corrected chi connectivity index (χ2v) is 8.83. The first-order valence-corrected chi connectivity index (χ1v) is 10.7. The van der Waals surface area contributed by atoms with Crippen LogP contribution in [-0.2, 0) is 14.8 Å². The van der Waals surface area contributed by atoms with Crippen molar-refractivity contribution in [1.82, 2.24) is 9.21 Å². The van der Waals surface area contributed by atoms with Crippen molar-refractivity contribution in [2.75, 3.05) is 33.3 Å². The van der Waals surface area contributed by atoms with E-state index in [1.165, 1.54) is 35.7 Å². The van der Waals surface area contributed by atoms with Crippen LogP contribution in [0, 0.1) is 0 Å². The Morgan fingerprint density at radius 2 is 1.86 bits per heavy atom. The van der Waals surface area contributed by atoms with E-state index in [2.05, 4.69) is 0 Å². The minimum atomic E-state index is -3.65. The number of ether oxygens (including phenoxy) is 1. The number of sulfonamides is 1. The smallest absolute Gasteiger partial charge is 0.246 e. The highest BCUT2D eigenvalue weighted by atomic mass is 35.5. The van der Waals surface area contributed by atoms with Gasteiger partial charge >= 0.3 is 0 Å². The zero-order valence-corrected chi connectivity index (χ0v) is 17.4. The van der Waals surface area contributed by atoms with Crippen molar-refractivity contribution in [1.29, 1.82) is 0 Å². The SMILES string of the molecule is COc1cc(/C=C/C(=O)N2CCN(S(=O)(=O)c3cccc(Cl)c3)CC2)ccc1O. The van der Waals surface area contributed by atoms with Crippen molar-refractivity contribution in [3.63, 3.8) is 0 Å². The van der Waals surface area contributed by atoms with Crippen molar-refractivity contribution in [3.8, 4) is 11.5 Å². The Hall–Kier alpha value is -2.55. The number of piperazine rings is 1. The van der Waals surface area contributed by atoms with Gasteiger partial charge in [0, 0.05) is 37.3 Å². The molecule has 0 aromatic heterocycles. The summed E-state index contributed by atoms with van der Waals surface area (Å²) in [4.78, 5) is 14.2. The maximum Gasteiger partial charge on any atom is 0.246 e. The van der Waals surface area contributed by atoms with Crippen LogP contribution in [0.3, 0.4) is 0 Å². The van der Waals surface area contributed by atoms with Crippen LogP contribution in [0.1, 0.15) is 5.56 Å². The van der Waals surface area contributed by atoms with Crippen LogP contribution in [0.2, 0.25) is 5.02 Å². The molecule has 0 unspecified atom stereocenters. The Kier molecular flexibility index (Phi) is 6.46. The molecule has 1 aliphatic heterocycles. The standard InChI is InChI=1S/C20H21ClN2O5S/c1-28-19-13-15(5-7-18(19)24)6-8-20(25)22-9-11-23(12-10-22)29(26,27)17-4-2-3-16(21)14-17/h2-8,13-14,24H,9-12H2,1H3/b8-6+. The van der Waals surface area contributed by atoms with Crippen LogP contribution >= 0.6 is 11.6 Å². The molecule has 1 N–H and O–H groups in total. The molecule has 0 radical (unpaired) electrons. The lowest BCUT2D eigenvalue weighted by molar-refractivity contribution is -0.127. The maximum atomic E-state index is 12.7.